The summed E-state index contributed by atoms with van der Waals surface area (Å²) in [6.45, 7) is 9.00. The van der Waals surface area contributed by atoms with Crippen LogP contribution < -0.4 is 16.0 Å². The second-order valence-electron chi connectivity index (χ2n) is 8.23. The SMILES string of the molecule is CCNC(=NCc1nnc2ccccn12)NCC(NC(=O)OC(C)(C)C)c1ccccc1. The molecule has 2 aromatic heterocycles. The average molecular weight is 438 g/mol. The van der Waals surface area contributed by atoms with E-state index in [0.717, 1.165) is 17.0 Å². The zero-order valence-corrected chi connectivity index (χ0v) is 19.0. The minimum Gasteiger partial charge on any atom is -0.444 e. The molecule has 1 unspecified atom stereocenters. The van der Waals surface area contributed by atoms with Crippen molar-refractivity contribution in [1.29, 1.82) is 0 Å². The predicted octanol–water partition coefficient (Wildman–Crippen LogP) is 3.05. The van der Waals surface area contributed by atoms with Crippen LogP contribution in [0.4, 0.5) is 4.79 Å². The van der Waals surface area contributed by atoms with Gasteiger partial charge in [0.15, 0.2) is 17.4 Å². The number of carbonyl (C=O) groups excluding carboxylic acids is 1. The van der Waals surface area contributed by atoms with E-state index in [4.69, 9.17) is 4.74 Å². The number of carbonyl (C=O) groups is 1. The van der Waals surface area contributed by atoms with Crippen LogP contribution in [0.15, 0.2) is 59.7 Å². The van der Waals surface area contributed by atoms with Gasteiger partial charge in [-0.1, -0.05) is 36.4 Å². The zero-order chi connectivity index (χ0) is 23.0. The highest BCUT2D eigenvalue weighted by Crippen LogP contribution is 2.14. The molecule has 0 saturated carbocycles. The van der Waals surface area contributed by atoms with Gasteiger partial charge in [0.1, 0.15) is 12.1 Å². The standard InChI is InChI=1S/C23H31N7O2/c1-5-24-21(26-16-20-29-28-19-13-9-10-14-30(19)20)25-15-18(17-11-7-6-8-12-17)27-22(31)32-23(2,3)4/h6-14,18H,5,15-16H2,1-4H3,(H,27,31)(H2,24,25,26). The number of nitrogens with zero attached hydrogens (tertiary/aromatic N) is 4. The second-order valence-corrected chi connectivity index (χ2v) is 8.23. The summed E-state index contributed by atoms with van der Waals surface area (Å²) in [6, 6.07) is 15.2. The van der Waals surface area contributed by atoms with E-state index >= 15 is 0 Å². The van der Waals surface area contributed by atoms with Gasteiger partial charge in [-0.15, -0.1) is 10.2 Å². The molecule has 2 heterocycles. The van der Waals surface area contributed by atoms with Crippen LogP contribution in [0.1, 0.15) is 45.1 Å². The normalized spacial score (nSPS) is 12.9. The maximum atomic E-state index is 12.4. The Morgan fingerprint density at radius 3 is 2.56 bits per heavy atom. The van der Waals surface area contributed by atoms with Crippen molar-refractivity contribution in [1.82, 2.24) is 30.5 Å². The van der Waals surface area contributed by atoms with Crippen LogP contribution in [0.2, 0.25) is 0 Å². The van der Waals surface area contributed by atoms with Gasteiger partial charge >= 0.3 is 6.09 Å². The number of aromatic nitrogens is 3. The van der Waals surface area contributed by atoms with E-state index in [1.807, 2.05) is 86.8 Å². The maximum absolute atomic E-state index is 12.4. The number of guanidine groups is 1. The third-order valence-corrected chi connectivity index (χ3v) is 4.47. The van der Waals surface area contributed by atoms with Crippen molar-refractivity contribution in [3.63, 3.8) is 0 Å². The third-order valence-electron chi connectivity index (χ3n) is 4.47. The Morgan fingerprint density at radius 1 is 1.09 bits per heavy atom. The molecule has 1 aromatic carbocycles. The van der Waals surface area contributed by atoms with Crippen molar-refractivity contribution >= 4 is 17.7 Å². The van der Waals surface area contributed by atoms with Gasteiger partial charge in [-0.05, 0) is 45.4 Å². The van der Waals surface area contributed by atoms with Gasteiger partial charge in [0.2, 0.25) is 0 Å². The molecule has 0 bridgehead atoms. The lowest BCUT2D eigenvalue weighted by atomic mass is 10.1. The Morgan fingerprint density at radius 2 is 1.84 bits per heavy atom. The molecule has 170 valence electrons. The molecule has 0 fully saturated rings. The van der Waals surface area contributed by atoms with Gasteiger partial charge in [0, 0.05) is 19.3 Å². The number of alkyl carbamates (subject to hydrolysis) is 1. The van der Waals surface area contributed by atoms with Crippen LogP contribution >= 0.6 is 0 Å². The van der Waals surface area contributed by atoms with Crippen LogP contribution in [0.25, 0.3) is 5.65 Å². The lowest BCUT2D eigenvalue weighted by Gasteiger charge is -2.24. The van der Waals surface area contributed by atoms with Crippen LogP contribution in [0.3, 0.4) is 0 Å². The molecule has 0 aliphatic carbocycles. The fraction of sp³-hybridized carbons (Fsp3) is 0.391. The lowest BCUT2D eigenvalue weighted by Crippen LogP contribution is -2.44. The van der Waals surface area contributed by atoms with Crippen LogP contribution in [-0.2, 0) is 11.3 Å². The van der Waals surface area contributed by atoms with Crippen molar-refractivity contribution in [2.75, 3.05) is 13.1 Å². The first-order chi connectivity index (χ1) is 15.4. The molecule has 1 amide bonds. The maximum Gasteiger partial charge on any atom is 0.408 e. The van der Waals surface area contributed by atoms with E-state index in [-0.39, 0.29) is 6.04 Å². The minimum absolute atomic E-state index is 0.302. The van der Waals surface area contributed by atoms with Gasteiger partial charge < -0.3 is 20.7 Å². The van der Waals surface area contributed by atoms with Crippen molar-refractivity contribution in [2.24, 2.45) is 4.99 Å². The van der Waals surface area contributed by atoms with E-state index in [1.165, 1.54) is 0 Å². The molecule has 3 aromatic rings. The third kappa shape index (κ3) is 6.69. The van der Waals surface area contributed by atoms with Crippen molar-refractivity contribution < 1.29 is 9.53 Å². The summed E-state index contributed by atoms with van der Waals surface area (Å²) in [5.41, 5.74) is 1.17. The van der Waals surface area contributed by atoms with Crippen LogP contribution in [-0.4, -0.2) is 45.3 Å². The van der Waals surface area contributed by atoms with Crippen LogP contribution in [0, 0.1) is 0 Å². The summed E-state index contributed by atoms with van der Waals surface area (Å²) in [5.74, 6) is 1.36. The molecular formula is C23H31N7O2. The molecule has 0 spiro atoms. The first-order valence-electron chi connectivity index (χ1n) is 10.7. The molecule has 0 aliphatic heterocycles. The minimum atomic E-state index is -0.573. The lowest BCUT2D eigenvalue weighted by molar-refractivity contribution is 0.0504. The summed E-state index contributed by atoms with van der Waals surface area (Å²) >= 11 is 0. The van der Waals surface area contributed by atoms with E-state index < -0.39 is 11.7 Å². The van der Waals surface area contributed by atoms with Gasteiger partial charge in [0.25, 0.3) is 0 Å². The largest absolute Gasteiger partial charge is 0.444 e. The summed E-state index contributed by atoms with van der Waals surface area (Å²) in [4.78, 5) is 17.0. The monoisotopic (exact) mass is 437 g/mol. The van der Waals surface area contributed by atoms with E-state index in [2.05, 4.69) is 31.1 Å². The van der Waals surface area contributed by atoms with E-state index in [9.17, 15) is 4.79 Å². The molecular weight excluding hydrogens is 406 g/mol. The zero-order valence-electron chi connectivity index (χ0n) is 19.0. The number of benzene rings is 1. The Balaban J connectivity index is 1.71. The molecule has 0 radical (unpaired) electrons. The molecule has 0 saturated heterocycles. The van der Waals surface area contributed by atoms with E-state index in [1.54, 1.807) is 0 Å². The topological polar surface area (TPSA) is 105 Å². The highest BCUT2D eigenvalue weighted by atomic mass is 16.6. The smallest absolute Gasteiger partial charge is 0.408 e. The van der Waals surface area contributed by atoms with Crippen molar-refractivity contribution in [3.8, 4) is 0 Å². The Kier molecular flexibility index (Phi) is 7.64. The highest BCUT2D eigenvalue weighted by molar-refractivity contribution is 5.79. The van der Waals surface area contributed by atoms with E-state index in [0.29, 0.717) is 25.6 Å². The van der Waals surface area contributed by atoms with Crippen molar-refractivity contribution in [2.45, 2.75) is 45.9 Å². The summed E-state index contributed by atoms with van der Waals surface area (Å²) in [5, 5.41) is 17.9. The van der Waals surface area contributed by atoms with Gasteiger partial charge in [0.05, 0.1) is 6.04 Å². The highest BCUT2D eigenvalue weighted by Gasteiger charge is 2.21. The van der Waals surface area contributed by atoms with Crippen molar-refractivity contribution in [3.05, 3.63) is 66.1 Å². The number of rotatable bonds is 7. The summed E-state index contributed by atoms with van der Waals surface area (Å²) < 4.78 is 7.35. The molecule has 1 atom stereocenters. The molecule has 32 heavy (non-hydrogen) atoms. The van der Waals surface area contributed by atoms with Crippen LogP contribution in [0.5, 0.6) is 0 Å². The number of ether oxygens (including phenoxy) is 1. The molecule has 3 N–H and O–H groups in total. The number of amides is 1. The number of nitrogens with one attached hydrogen (secondary N) is 3. The fourth-order valence-corrected chi connectivity index (χ4v) is 3.08. The first-order valence-corrected chi connectivity index (χ1v) is 10.7. The van der Waals surface area contributed by atoms with Gasteiger partial charge in [-0.3, -0.25) is 4.40 Å². The molecule has 9 heteroatoms. The first kappa shape index (κ1) is 23.1. The summed E-state index contributed by atoms with van der Waals surface area (Å²) in [7, 11) is 0. The Labute approximate surface area is 188 Å². The summed E-state index contributed by atoms with van der Waals surface area (Å²) in [6.07, 6.45) is 1.45. The molecule has 0 aliphatic rings. The predicted molar refractivity (Wildman–Crippen MR) is 124 cm³/mol. The number of hydrogen-bond acceptors (Lipinski definition) is 5. The quantitative estimate of drug-likeness (QED) is 0.388. The number of aliphatic imine (C=N–C) groups is 1. The second kappa shape index (κ2) is 10.6. The Hall–Kier alpha value is -3.62. The number of fused-ring (bicyclic) bond motifs is 1. The molecule has 3 rings (SSSR count). The number of pyridine rings is 1. The Bertz CT molecular complexity index is 1040. The molecule has 9 nitrogen and oxygen atoms in total. The average Bonchev–Trinajstić information content (AvgIpc) is 3.17. The van der Waals surface area contributed by atoms with Gasteiger partial charge in [-0.25, -0.2) is 9.79 Å². The fourth-order valence-electron chi connectivity index (χ4n) is 3.08. The van der Waals surface area contributed by atoms with Gasteiger partial charge in [-0.2, -0.15) is 0 Å². The number of hydrogen-bond donors (Lipinski definition) is 3.